The average molecular weight is 447 g/mol. The van der Waals surface area contributed by atoms with Gasteiger partial charge in [-0.25, -0.2) is 0 Å². The van der Waals surface area contributed by atoms with E-state index in [0.29, 0.717) is 31.0 Å². The first kappa shape index (κ1) is 20.4. The van der Waals surface area contributed by atoms with Crippen molar-refractivity contribution < 1.29 is 9.59 Å². The number of amides is 2. The Morgan fingerprint density at radius 1 is 1.12 bits per heavy atom. The minimum absolute atomic E-state index is 0.164. The number of aromatic amines is 1. The number of nitrogens with zero attached hydrogens (tertiary/aromatic N) is 2. The van der Waals surface area contributed by atoms with Crippen LogP contribution in [0.15, 0.2) is 73.2 Å². The maximum Gasteiger partial charge on any atom is 0.239 e. The normalized spacial score (nSPS) is 15.8. The van der Waals surface area contributed by atoms with Crippen molar-refractivity contribution in [3.05, 3.63) is 83.8 Å². The van der Waals surface area contributed by atoms with E-state index in [1.54, 1.807) is 4.90 Å². The highest BCUT2D eigenvalue weighted by atomic mass is 35.5. The molecule has 0 aliphatic carbocycles. The van der Waals surface area contributed by atoms with Gasteiger partial charge in [0.2, 0.25) is 11.8 Å². The molecule has 1 saturated heterocycles. The van der Waals surface area contributed by atoms with E-state index < -0.39 is 5.92 Å². The Labute approximate surface area is 190 Å². The lowest BCUT2D eigenvalue weighted by Crippen LogP contribution is -2.40. The van der Waals surface area contributed by atoms with Crippen LogP contribution in [0.4, 0.5) is 5.69 Å². The number of benzene rings is 2. The molecule has 1 aliphatic rings. The summed E-state index contributed by atoms with van der Waals surface area (Å²) < 4.78 is 2.00. The number of H-pyrrole nitrogens is 1. The molecule has 6 nitrogen and oxygen atoms in total. The van der Waals surface area contributed by atoms with Crippen LogP contribution in [0.1, 0.15) is 12.0 Å². The summed E-state index contributed by atoms with van der Waals surface area (Å²) in [4.78, 5) is 30.7. The van der Waals surface area contributed by atoms with Crippen LogP contribution in [-0.2, 0) is 16.0 Å². The third-order valence-corrected chi connectivity index (χ3v) is 6.23. The monoisotopic (exact) mass is 446 g/mol. The first-order valence-electron chi connectivity index (χ1n) is 10.7. The first-order chi connectivity index (χ1) is 15.6. The molecule has 2 amide bonds. The molecule has 3 heterocycles. The van der Waals surface area contributed by atoms with Gasteiger partial charge in [0, 0.05) is 59.0 Å². The molecule has 0 bridgehead atoms. The molecule has 1 fully saturated rings. The van der Waals surface area contributed by atoms with Gasteiger partial charge in [0.15, 0.2) is 0 Å². The van der Waals surface area contributed by atoms with Gasteiger partial charge in [-0.2, -0.15) is 0 Å². The van der Waals surface area contributed by atoms with Crippen molar-refractivity contribution in [3.8, 4) is 5.69 Å². The maximum atomic E-state index is 13.5. The predicted octanol–water partition coefficient (Wildman–Crippen LogP) is 4.32. The Morgan fingerprint density at radius 2 is 1.97 bits per heavy atom. The number of aromatic nitrogens is 2. The Morgan fingerprint density at radius 3 is 2.75 bits per heavy atom. The number of rotatable bonds is 6. The molecule has 5 rings (SSSR count). The zero-order valence-electron chi connectivity index (χ0n) is 17.4. The fraction of sp³-hybridized carbons (Fsp3) is 0.200. The molecule has 0 spiro atoms. The summed E-state index contributed by atoms with van der Waals surface area (Å²) in [5.74, 6) is -1.01. The Balaban J connectivity index is 1.47. The summed E-state index contributed by atoms with van der Waals surface area (Å²) in [6.45, 7) is 0.991. The van der Waals surface area contributed by atoms with Crippen LogP contribution in [0, 0.1) is 5.92 Å². The standard InChI is InChI=1S/C25H23ClN4O2/c26-18-6-7-23-22(14-18)17(16-28-23)9-13-30(25(32)21-8-10-27-24(21)31)20-5-3-4-19(15-20)29-11-1-2-12-29/h1-7,11-12,14-16,21,28H,8-10,13H2,(H,27,31). The number of anilines is 1. The number of nitrogens with one attached hydrogen (secondary N) is 2. The van der Waals surface area contributed by atoms with E-state index in [4.69, 9.17) is 11.6 Å². The molecule has 1 unspecified atom stereocenters. The molecular weight excluding hydrogens is 424 g/mol. The molecule has 2 N–H and O–H groups in total. The minimum Gasteiger partial charge on any atom is -0.361 e. The van der Waals surface area contributed by atoms with Crippen molar-refractivity contribution in [3.63, 3.8) is 0 Å². The van der Waals surface area contributed by atoms with E-state index in [0.717, 1.165) is 27.8 Å². The van der Waals surface area contributed by atoms with Gasteiger partial charge in [0.1, 0.15) is 5.92 Å². The summed E-state index contributed by atoms with van der Waals surface area (Å²) >= 11 is 6.20. The largest absolute Gasteiger partial charge is 0.361 e. The first-order valence-corrected chi connectivity index (χ1v) is 11.1. The molecule has 0 radical (unpaired) electrons. The molecule has 4 aromatic rings. The minimum atomic E-state index is -0.650. The average Bonchev–Trinajstić information content (AvgIpc) is 3.55. The van der Waals surface area contributed by atoms with Crippen LogP contribution in [-0.4, -0.2) is 34.5 Å². The lowest BCUT2D eigenvalue weighted by Gasteiger charge is -2.25. The number of carbonyl (C=O) groups excluding carboxylic acids is 2. The molecule has 2 aromatic heterocycles. The number of carbonyl (C=O) groups is 2. The lowest BCUT2D eigenvalue weighted by atomic mass is 10.0. The Hall–Kier alpha value is -3.51. The summed E-state index contributed by atoms with van der Waals surface area (Å²) in [5.41, 5.74) is 3.82. The van der Waals surface area contributed by atoms with E-state index in [1.165, 1.54) is 0 Å². The predicted molar refractivity (Wildman–Crippen MR) is 126 cm³/mol. The number of fused-ring (bicyclic) bond motifs is 1. The summed E-state index contributed by atoms with van der Waals surface area (Å²) in [5, 5.41) is 4.50. The van der Waals surface area contributed by atoms with Crippen molar-refractivity contribution in [1.29, 1.82) is 0 Å². The Bertz CT molecular complexity index is 1280. The quantitative estimate of drug-likeness (QED) is 0.433. The van der Waals surface area contributed by atoms with Crippen LogP contribution in [0.3, 0.4) is 0 Å². The molecular formula is C25H23ClN4O2. The van der Waals surface area contributed by atoms with Crippen molar-refractivity contribution in [2.45, 2.75) is 12.8 Å². The number of hydrogen-bond acceptors (Lipinski definition) is 2. The fourth-order valence-electron chi connectivity index (χ4n) is 4.30. The van der Waals surface area contributed by atoms with Crippen molar-refractivity contribution >= 4 is 40.0 Å². The van der Waals surface area contributed by atoms with E-state index in [2.05, 4.69) is 10.3 Å². The van der Waals surface area contributed by atoms with Gasteiger partial charge in [0.05, 0.1) is 0 Å². The summed E-state index contributed by atoms with van der Waals surface area (Å²) in [7, 11) is 0. The van der Waals surface area contributed by atoms with Crippen LogP contribution >= 0.6 is 11.6 Å². The van der Waals surface area contributed by atoms with Gasteiger partial charge in [-0.1, -0.05) is 17.7 Å². The maximum absolute atomic E-state index is 13.5. The molecule has 2 aromatic carbocycles. The molecule has 32 heavy (non-hydrogen) atoms. The van der Waals surface area contributed by atoms with Gasteiger partial charge >= 0.3 is 0 Å². The zero-order valence-corrected chi connectivity index (χ0v) is 18.2. The van der Waals surface area contributed by atoms with Crippen LogP contribution in [0.2, 0.25) is 5.02 Å². The number of halogens is 1. The van der Waals surface area contributed by atoms with Gasteiger partial charge in [0.25, 0.3) is 0 Å². The molecule has 0 saturated carbocycles. The lowest BCUT2D eigenvalue weighted by molar-refractivity contribution is -0.131. The molecule has 1 atom stereocenters. The van der Waals surface area contributed by atoms with Crippen molar-refractivity contribution in [2.24, 2.45) is 5.92 Å². The van der Waals surface area contributed by atoms with Gasteiger partial charge in [-0.15, -0.1) is 0 Å². The zero-order chi connectivity index (χ0) is 22.1. The smallest absolute Gasteiger partial charge is 0.239 e. The topological polar surface area (TPSA) is 70.1 Å². The third kappa shape index (κ3) is 3.89. The van der Waals surface area contributed by atoms with E-state index in [1.807, 2.05) is 77.8 Å². The third-order valence-electron chi connectivity index (χ3n) is 5.99. The molecule has 162 valence electrons. The van der Waals surface area contributed by atoms with Gasteiger partial charge < -0.3 is 19.8 Å². The van der Waals surface area contributed by atoms with Gasteiger partial charge in [-0.3, -0.25) is 9.59 Å². The van der Waals surface area contributed by atoms with Crippen LogP contribution < -0.4 is 10.2 Å². The van der Waals surface area contributed by atoms with Crippen molar-refractivity contribution in [2.75, 3.05) is 18.0 Å². The van der Waals surface area contributed by atoms with Gasteiger partial charge in [-0.05, 0) is 66.9 Å². The molecule has 1 aliphatic heterocycles. The second kappa shape index (κ2) is 8.55. The fourth-order valence-corrected chi connectivity index (χ4v) is 4.47. The van der Waals surface area contributed by atoms with E-state index >= 15 is 0 Å². The highest BCUT2D eigenvalue weighted by Gasteiger charge is 2.34. The summed E-state index contributed by atoms with van der Waals surface area (Å²) in [6, 6.07) is 17.5. The number of hydrogen-bond donors (Lipinski definition) is 2. The summed E-state index contributed by atoms with van der Waals surface area (Å²) in [6.07, 6.45) is 7.04. The Kier molecular flexibility index (Phi) is 5.45. The second-order valence-corrected chi connectivity index (χ2v) is 8.42. The highest BCUT2D eigenvalue weighted by molar-refractivity contribution is 6.31. The van der Waals surface area contributed by atoms with Crippen molar-refractivity contribution in [1.82, 2.24) is 14.9 Å². The van der Waals surface area contributed by atoms with Crippen LogP contribution in [0.5, 0.6) is 0 Å². The molecule has 7 heteroatoms. The van der Waals surface area contributed by atoms with E-state index in [-0.39, 0.29) is 11.8 Å². The SMILES string of the molecule is O=C1NCCC1C(=O)N(CCc1c[nH]c2ccc(Cl)cc12)c1cccc(-n2cccc2)c1. The van der Waals surface area contributed by atoms with E-state index in [9.17, 15) is 9.59 Å². The second-order valence-electron chi connectivity index (χ2n) is 7.99. The highest BCUT2D eigenvalue weighted by Crippen LogP contribution is 2.26. The van der Waals surface area contributed by atoms with Crippen LogP contribution in [0.25, 0.3) is 16.6 Å².